The van der Waals surface area contributed by atoms with Crippen molar-refractivity contribution < 1.29 is 9.90 Å². The maximum absolute atomic E-state index is 10.5. The molecule has 0 aromatic carbocycles. The van der Waals surface area contributed by atoms with Crippen LogP contribution in [0.25, 0.3) is 0 Å². The topological polar surface area (TPSA) is 58.4 Å². The fourth-order valence-electron chi connectivity index (χ4n) is 1.13. The zero-order chi connectivity index (χ0) is 10.6. The lowest BCUT2D eigenvalue weighted by atomic mass is 10.5. The molecule has 0 saturated carbocycles. The van der Waals surface area contributed by atoms with Crippen LogP contribution in [-0.2, 0) is 11.8 Å². The Hall–Kier alpha value is -1.96. The van der Waals surface area contributed by atoms with E-state index in [1.165, 1.54) is 4.90 Å². The molecule has 0 saturated heterocycles. The minimum atomic E-state index is -0.928. The smallest absolute Gasteiger partial charge is 0.323 e. The summed E-state index contributed by atoms with van der Waals surface area (Å²) >= 11 is 0. The fraction of sp³-hybridized carbons (Fsp3) is 0.333. The highest BCUT2D eigenvalue weighted by molar-refractivity contribution is 5.72. The van der Waals surface area contributed by atoms with Gasteiger partial charge in [0.1, 0.15) is 6.54 Å². The number of hydrogen-bond acceptors (Lipinski definition) is 3. The summed E-state index contributed by atoms with van der Waals surface area (Å²) < 4.78 is 1.72. The highest BCUT2D eigenvalue weighted by Gasteiger charge is 2.12. The number of nitrogens with zero attached hydrogens (tertiary/aromatic N) is 3. The zero-order valence-corrected chi connectivity index (χ0v) is 7.84. The molecule has 0 bridgehead atoms. The van der Waals surface area contributed by atoms with Crippen molar-refractivity contribution in [2.24, 2.45) is 7.05 Å². The van der Waals surface area contributed by atoms with Crippen LogP contribution in [0.15, 0.2) is 12.4 Å². The second-order valence-corrected chi connectivity index (χ2v) is 2.79. The minimum absolute atomic E-state index is 0.144. The van der Waals surface area contributed by atoms with Crippen molar-refractivity contribution in [3.63, 3.8) is 0 Å². The average molecular weight is 193 g/mol. The van der Waals surface area contributed by atoms with Crippen molar-refractivity contribution in [2.45, 2.75) is 0 Å². The summed E-state index contributed by atoms with van der Waals surface area (Å²) in [4.78, 5) is 16.1. The van der Waals surface area contributed by atoms with E-state index in [1.54, 1.807) is 24.0 Å². The fourth-order valence-corrected chi connectivity index (χ4v) is 1.13. The monoisotopic (exact) mass is 193 g/mol. The second-order valence-electron chi connectivity index (χ2n) is 2.79. The molecule has 5 heteroatoms. The third-order valence-electron chi connectivity index (χ3n) is 1.69. The SMILES string of the molecule is C#CCN(CC(=O)O)c1nccn1C. The van der Waals surface area contributed by atoms with Gasteiger partial charge in [-0.25, -0.2) is 4.98 Å². The van der Waals surface area contributed by atoms with Crippen LogP contribution < -0.4 is 4.90 Å². The van der Waals surface area contributed by atoms with Crippen LogP contribution in [0.3, 0.4) is 0 Å². The van der Waals surface area contributed by atoms with Gasteiger partial charge in [0.2, 0.25) is 5.95 Å². The molecule has 0 amide bonds. The van der Waals surface area contributed by atoms with Crippen molar-refractivity contribution in [1.82, 2.24) is 9.55 Å². The van der Waals surface area contributed by atoms with Gasteiger partial charge >= 0.3 is 5.97 Å². The van der Waals surface area contributed by atoms with Gasteiger partial charge in [0.15, 0.2) is 0 Å². The van der Waals surface area contributed by atoms with Crippen LogP contribution in [0.1, 0.15) is 0 Å². The highest BCUT2D eigenvalue weighted by Crippen LogP contribution is 2.08. The lowest BCUT2D eigenvalue weighted by Crippen LogP contribution is -2.32. The minimum Gasteiger partial charge on any atom is -0.480 e. The predicted molar refractivity (Wildman–Crippen MR) is 51.9 cm³/mol. The second kappa shape index (κ2) is 4.33. The number of carboxylic acid groups (broad SMARTS) is 1. The summed E-state index contributed by atoms with van der Waals surface area (Å²) in [6.45, 7) is 0.0895. The quantitative estimate of drug-likeness (QED) is 0.681. The van der Waals surface area contributed by atoms with Gasteiger partial charge in [-0.15, -0.1) is 6.42 Å². The summed E-state index contributed by atoms with van der Waals surface area (Å²) in [7, 11) is 1.79. The van der Waals surface area contributed by atoms with Crippen molar-refractivity contribution in [2.75, 3.05) is 18.0 Å². The Morgan fingerprint density at radius 3 is 3.00 bits per heavy atom. The van der Waals surface area contributed by atoms with Crippen LogP contribution >= 0.6 is 0 Å². The highest BCUT2D eigenvalue weighted by atomic mass is 16.4. The molecule has 1 heterocycles. The molecule has 1 aromatic heterocycles. The standard InChI is InChI=1S/C9H11N3O2/c1-3-5-12(7-8(13)14)9-10-4-6-11(9)2/h1,4,6H,5,7H2,2H3,(H,13,14). The lowest BCUT2D eigenvalue weighted by Gasteiger charge is -2.18. The molecule has 1 N–H and O–H groups in total. The number of anilines is 1. The van der Waals surface area contributed by atoms with Gasteiger partial charge in [-0.05, 0) is 0 Å². The van der Waals surface area contributed by atoms with E-state index in [-0.39, 0.29) is 13.1 Å². The van der Waals surface area contributed by atoms with Crippen LogP contribution in [0.4, 0.5) is 5.95 Å². The van der Waals surface area contributed by atoms with Crippen molar-refractivity contribution in [3.05, 3.63) is 12.4 Å². The van der Waals surface area contributed by atoms with Gasteiger partial charge in [-0.1, -0.05) is 5.92 Å². The molecule has 14 heavy (non-hydrogen) atoms. The molecule has 1 aromatic rings. The Morgan fingerprint density at radius 2 is 2.57 bits per heavy atom. The Labute approximate surface area is 82.0 Å². The number of rotatable bonds is 4. The molecule has 0 radical (unpaired) electrons. The summed E-state index contributed by atoms with van der Waals surface area (Å²) in [6.07, 6.45) is 8.47. The first-order chi connectivity index (χ1) is 6.65. The molecule has 0 aliphatic heterocycles. The molecule has 1 rings (SSSR count). The largest absolute Gasteiger partial charge is 0.480 e. The molecule has 0 aliphatic carbocycles. The van der Waals surface area contributed by atoms with E-state index in [0.29, 0.717) is 5.95 Å². The van der Waals surface area contributed by atoms with Crippen molar-refractivity contribution >= 4 is 11.9 Å². The van der Waals surface area contributed by atoms with E-state index < -0.39 is 5.97 Å². The van der Waals surface area contributed by atoms with E-state index >= 15 is 0 Å². The third kappa shape index (κ3) is 2.26. The molecule has 74 valence electrons. The number of aliphatic carboxylic acids is 1. The lowest BCUT2D eigenvalue weighted by molar-refractivity contribution is -0.135. The Morgan fingerprint density at radius 1 is 1.86 bits per heavy atom. The molecule has 0 aliphatic rings. The average Bonchev–Trinajstić information content (AvgIpc) is 2.50. The molecule has 0 unspecified atom stereocenters. The van der Waals surface area contributed by atoms with Gasteiger partial charge in [-0.2, -0.15) is 0 Å². The predicted octanol–water partition coefficient (Wildman–Crippen LogP) is -0.0557. The molecule has 5 nitrogen and oxygen atoms in total. The van der Waals surface area contributed by atoms with Gasteiger partial charge in [0.05, 0.1) is 6.54 Å². The van der Waals surface area contributed by atoms with Crippen molar-refractivity contribution in [1.29, 1.82) is 0 Å². The number of terminal acetylenes is 1. The first-order valence-corrected chi connectivity index (χ1v) is 4.02. The van der Waals surface area contributed by atoms with Crippen LogP contribution in [0.2, 0.25) is 0 Å². The Balaban J connectivity index is 2.83. The molecule has 0 fully saturated rings. The van der Waals surface area contributed by atoms with Crippen LogP contribution in [0.5, 0.6) is 0 Å². The summed E-state index contributed by atoms with van der Waals surface area (Å²) in [5.74, 6) is 2.03. The number of hydrogen-bond donors (Lipinski definition) is 1. The van der Waals surface area contributed by atoms with Gasteiger partial charge in [-0.3, -0.25) is 4.79 Å². The number of carboxylic acids is 1. The number of aryl methyl sites for hydroxylation is 1. The van der Waals surface area contributed by atoms with Gasteiger partial charge in [0, 0.05) is 19.4 Å². The van der Waals surface area contributed by atoms with E-state index in [4.69, 9.17) is 11.5 Å². The normalized spacial score (nSPS) is 9.43. The molecule has 0 atom stereocenters. The Kier molecular flexibility index (Phi) is 3.13. The molecule has 0 spiro atoms. The summed E-state index contributed by atoms with van der Waals surface area (Å²) in [5, 5.41) is 8.65. The maximum atomic E-state index is 10.5. The molecular formula is C9H11N3O2. The van der Waals surface area contributed by atoms with Crippen LogP contribution in [-0.4, -0.2) is 33.7 Å². The van der Waals surface area contributed by atoms with Gasteiger partial charge in [0.25, 0.3) is 0 Å². The van der Waals surface area contributed by atoms with E-state index in [9.17, 15) is 4.79 Å². The zero-order valence-electron chi connectivity index (χ0n) is 7.84. The van der Waals surface area contributed by atoms with E-state index in [1.807, 2.05) is 0 Å². The van der Waals surface area contributed by atoms with E-state index in [0.717, 1.165) is 0 Å². The first-order valence-electron chi connectivity index (χ1n) is 4.02. The number of imidazole rings is 1. The van der Waals surface area contributed by atoms with Crippen molar-refractivity contribution in [3.8, 4) is 12.3 Å². The van der Waals surface area contributed by atoms with E-state index in [2.05, 4.69) is 10.9 Å². The Bertz CT molecular complexity index is 364. The third-order valence-corrected chi connectivity index (χ3v) is 1.69. The maximum Gasteiger partial charge on any atom is 0.323 e. The van der Waals surface area contributed by atoms with Crippen LogP contribution in [0, 0.1) is 12.3 Å². The first kappa shape index (κ1) is 10.1. The number of carbonyl (C=O) groups is 1. The summed E-state index contributed by atoms with van der Waals surface area (Å²) in [6, 6.07) is 0. The molecular weight excluding hydrogens is 182 g/mol. The number of aromatic nitrogens is 2. The summed E-state index contributed by atoms with van der Waals surface area (Å²) in [5.41, 5.74) is 0. The van der Waals surface area contributed by atoms with Gasteiger partial charge < -0.3 is 14.6 Å².